The number of para-hydroxylation sites is 1. The van der Waals surface area contributed by atoms with Crippen LogP contribution < -0.4 is 14.8 Å². The molecule has 1 unspecified atom stereocenters. The van der Waals surface area contributed by atoms with E-state index in [1.165, 1.54) is 12.1 Å². The molecule has 0 aliphatic carbocycles. The Hall–Kier alpha value is -2.21. The Morgan fingerprint density at radius 2 is 1.83 bits per heavy atom. The van der Waals surface area contributed by atoms with Crippen LogP contribution in [-0.4, -0.2) is 26.3 Å². The fraction of sp³-hybridized carbons (Fsp3) is 0.294. The fourth-order valence-electron chi connectivity index (χ4n) is 2.64. The van der Waals surface area contributed by atoms with Crippen molar-refractivity contribution in [2.24, 2.45) is 0 Å². The van der Waals surface area contributed by atoms with Gasteiger partial charge in [-0.25, -0.2) is 0 Å². The molecule has 3 nitrogen and oxygen atoms in total. The summed E-state index contributed by atoms with van der Waals surface area (Å²) in [5.41, 5.74) is -0.213. The van der Waals surface area contributed by atoms with Crippen LogP contribution in [-0.2, 0) is 6.18 Å². The number of nitrogens with one attached hydrogen (secondary N) is 1. The zero-order chi connectivity index (χ0) is 16.4. The van der Waals surface area contributed by atoms with E-state index in [0.717, 1.165) is 6.07 Å². The molecule has 1 atom stereocenters. The molecule has 122 valence electrons. The first-order chi connectivity index (χ1) is 11.0. The molecule has 2 aromatic carbocycles. The third-order valence-corrected chi connectivity index (χ3v) is 3.64. The Bertz CT molecular complexity index is 700. The van der Waals surface area contributed by atoms with Gasteiger partial charge in [0.2, 0.25) is 0 Å². The average molecular weight is 323 g/mol. The van der Waals surface area contributed by atoms with E-state index in [4.69, 9.17) is 9.47 Å². The molecule has 3 rings (SSSR count). The maximum atomic E-state index is 13.3. The molecule has 1 N–H and O–H groups in total. The van der Waals surface area contributed by atoms with Crippen LogP contribution in [0.5, 0.6) is 11.5 Å². The normalized spacial score (nSPS) is 17.1. The van der Waals surface area contributed by atoms with Crippen LogP contribution in [0.4, 0.5) is 13.2 Å². The molecule has 1 aliphatic heterocycles. The lowest BCUT2D eigenvalue weighted by molar-refractivity contribution is -0.137. The first-order valence-corrected chi connectivity index (χ1v) is 7.24. The minimum absolute atomic E-state index is 0.0885. The molecule has 1 aliphatic rings. The van der Waals surface area contributed by atoms with Crippen molar-refractivity contribution in [1.82, 2.24) is 5.32 Å². The van der Waals surface area contributed by atoms with Crippen molar-refractivity contribution >= 4 is 0 Å². The van der Waals surface area contributed by atoms with Crippen molar-refractivity contribution in [1.29, 1.82) is 0 Å². The zero-order valence-corrected chi connectivity index (χ0v) is 12.5. The van der Waals surface area contributed by atoms with E-state index in [2.05, 4.69) is 5.32 Å². The summed E-state index contributed by atoms with van der Waals surface area (Å²) in [5, 5.41) is 2.98. The molecule has 2 aromatic rings. The SMILES string of the molecule is CNCC1COc2cccc(-c3ccccc3C(F)(F)F)c2O1. The first kappa shape index (κ1) is 15.7. The molecular formula is C17H16F3NO2. The standard InChI is InChI=1S/C17H16F3NO2/c1-21-9-11-10-22-15-8-4-6-13(16(15)23-11)12-5-2-3-7-14(12)17(18,19)20/h2-8,11,21H,9-10H2,1H3. The number of hydrogen-bond acceptors (Lipinski definition) is 3. The number of halogens is 3. The van der Waals surface area contributed by atoms with Crippen LogP contribution in [0.3, 0.4) is 0 Å². The van der Waals surface area contributed by atoms with Crippen molar-refractivity contribution in [3.05, 3.63) is 48.0 Å². The van der Waals surface area contributed by atoms with Gasteiger partial charge < -0.3 is 14.8 Å². The van der Waals surface area contributed by atoms with Gasteiger partial charge in [-0.2, -0.15) is 13.2 Å². The highest BCUT2D eigenvalue weighted by Crippen LogP contribution is 2.45. The lowest BCUT2D eigenvalue weighted by atomic mass is 9.98. The smallest absolute Gasteiger partial charge is 0.417 e. The molecule has 0 spiro atoms. The summed E-state index contributed by atoms with van der Waals surface area (Å²) in [6.07, 6.45) is -4.68. The van der Waals surface area contributed by atoms with Crippen LogP contribution in [0.25, 0.3) is 11.1 Å². The van der Waals surface area contributed by atoms with Crippen molar-refractivity contribution < 1.29 is 22.6 Å². The van der Waals surface area contributed by atoms with Gasteiger partial charge in [-0.3, -0.25) is 0 Å². The highest BCUT2D eigenvalue weighted by Gasteiger charge is 2.35. The molecule has 6 heteroatoms. The summed E-state index contributed by atoms with van der Waals surface area (Å²) in [5.74, 6) is 0.822. The molecular weight excluding hydrogens is 307 g/mol. The van der Waals surface area contributed by atoms with Gasteiger partial charge in [-0.1, -0.05) is 30.3 Å². The van der Waals surface area contributed by atoms with Gasteiger partial charge in [-0.15, -0.1) is 0 Å². The lowest BCUT2D eigenvalue weighted by Crippen LogP contribution is -2.37. The number of likely N-dealkylation sites (N-methyl/N-ethyl adjacent to an activating group) is 1. The summed E-state index contributed by atoms with van der Waals surface area (Å²) in [4.78, 5) is 0. The third-order valence-electron chi connectivity index (χ3n) is 3.64. The molecule has 0 aromatic heterocycles. The molecule has 1 heterocycles. The van der Waals surface area contributed by atoms with Gasteiger partial charge in [0.25, 0.3) is 0 Å². The van der Waals surface area contributed by atoms with E-state index in [1.54, 1.807) is 31.3 Å². The number of hydrogen-bond donors (Lipinski definition) is 1. The van der Waals surface area contributed by atoms with Crippen molar-refractivity contribution in [3.8, 4) is 22.6 Å². The predicted octanol–water partition coefficient (Wildman–Crippen LogP) is 3.73. The molecule has 0 fully saturated rings. The molecule has 0 bridgehead atoms. The Morgan fingerprint density at radius 3 is 2.57 bits per heavy atom. The molecule has 23 heavy (non-hydrogen) atoms. The lowest BCUT2D eigenvalue weighted by Gasteiger charge is -2.28. The second-order valence-electron chi connectivity index (χ2n) is 5.28. The first-order valence-electron chi connectivity index (χ1n) is 7.24. The van der Waals surface area contributed by atoms with E-state index >= 15 is 0 Å². The zero-order valence-electron chi connectivity index (χ0n) is 12.5. The summed E-state index contributed by atoms with van der Waals surface area (Å²) >= 11 is 0. The predicted molar refractivity (Wildman–Crippen MR) is 80.7 cm³/mol. The quantitative estimate of drug-likeness (QED) is 0.933. The van der Waals surface area contributed by atoms with Crippen LogP contribution in [0.2, 0.25) is 0 Å². The van der Waals surface area contributed by atoms with E-state index in [9.17, 15) is 13.2 Å². The van der Waals surface area contributed by atoms with Crippen molar-refractivity contribution in [3.63, 3.8) is 0 Å². The Balaban J connectivity index is 2.09. The van der Waals surface area contributed by atoms with E-state index in [-0.39, 0.29) is 11.7 Å². The van der Waals surface area contributed by atoms with Gasteiger partial charge in [0.15, 0.2) is 11.5 Å². The van der Waals surface area contributed by atoms with Gasteiger partial charge in [0.1, 0.15) is 12.7 Å². The summed E-state index contributed by atoms with van der Waals surface area (Å²) in [6.45, 7) is 0.910. The number of alkyl halides is 3. The Labute approximate surface area is 132 Å². The highest BCUT2D eigenvalue weighted by molar-refractivity contribution is 5.77. The minimum Gasteiger partial charge on any atom is -0.486 e. The second-order valence-corrected chi connectivity index (χ2v) is 5.28. The molecule has 0 amide bonds. The van der Waals surface area contributed by atoms with Gasteiger partial charge in [0, 0.05) is 12.1 Å². The molecule has 0 saturated carbocycles. The van der Waals surface area contributed by atoms with E-state index < -0.39 is 11.7 Å². The van der Waals surface area contributed by atoms with Crippen molar-refractivity contribution in [2.75, 3.05) is 20.2 Å². The molecule has 0 radical (unpaired) electrons. The summed E-state index contributed by atoms with van der Waals surface area (Å²) < 4.78 is 51.3. The Kier molecular flexibility index (Phi) is 4.17. The van der Waals surface area contributed by atoms with Gasteiger partial charge in [-0.05, 0) is 24.7 Å². The van der Waals surface area contributed by atoms with Crippen LogP contribution in [0.1, 0.15) is 5.56 Å². The second kappa shape index (κ2) is 6.12. The summed E-state index contributed by atoms with van der Waals surface area (Å²) in [7, 11) is 1.78. The number of ether oxygens (including phenoxy) is 2. The maximum Gasteiger partial charge on any atom is 0.417 e. The highest BCUT2D eigenvalue weighted by atomic mass is 19.4. The van der Waals surface area contributed by atoms with Gasteiger partial charge in [0.05, 0.1) is 5.56 Å². The van der Waals surface area contributed by atoms with Gasteiger partial charge >= 0.3 is 6.18 Å². The number of rotatable bonds is 3. The molecule has 0 saturated heterocycles. The van der Waals surface area contributed by atoms with Crippen LogP contribution >= 0.6 is 0 Å². The van der Waals surface area contributed by atoms with Crippen molar-refractivity contribution in [2.45, 2.75) is 12.3 Å². The average Bonchev–Trinajstić information content (AvgIpc) is 2.54. The fourth-order valence-corrected chi connectivity index (χ4v) is 2.64. The minimum atomic E-state index is -4.43. The van der Waals surface area contributed by atoms with E-state index in [0.29, 0.717) is 30.2 Å². The Morgan fingerprint density at radius 1 is 1.09 bits per heavy atom. The summed E-state index contributed by atoms with van der Waals surface area (Å²) in [6, 6.07) is 10.5. The van der Waals surface area contributed by atoms with E-state index in [1.807, 2.05) is 0 Å². The monoisotopic (exact) mass is 323 g/mol. The number of fused-ring (bicyclic) bond motifs is 1. The largest absolute Gasteiger partial charge is 0.486 e. The topological polar surface area (TPSA) is 30.5 Å². The maximum absolute atomic E-state index is 13.3. The van der Waals surface area contributed by atoms with Crippen LogP contribution in [0.15, 0.2) is 42.5 Å². The van der Waals surface area contributed by atoms with Crippen LogP contribution in [0, 0.1) is 0 Å². The number of benzene rings is 2. The third kappa shape index (κ3) is 3.12.